The van der Waals surface area contributed by atoms with Crippen molar-refractivity contribution in [3.05, 3.63) is 53.8 Å². The van der Waals surface area contributed by atoms with Crippen LogP contribution in [0.15, 0.2) is 47.0 Å². The topological polar surface area (TPSA) is 123 Å². The Morgan fingerprint density at radius 3 is 2.47 bits per heavy atom. The zero-order valence-electron chi connectivity index (χ0n) is 22.5. The van der Waals surface area contributed by atoms with Crippen molar-refractivity contribution in [2.75, 3.05) is 19.0 Å². The summed E-state index contributed by atoms with van der Waals surface area (Å²) >= 11 is 0. The number of ether oxygens (including phenoxy) is 2. The number of carbonyl (C=O) groups is 3. The van der Waals surface area contributed by atoms with Crippen LogP contribution >= 0.6 is 0 Å². The molecule has 1 spiro atoms. The Morgan fingerprint density at radius 2 is 1.87 bits per heavy atom. The number of amides is 3. The molecule has 2 saturated heterocycles. The highest BCUT2D eigenvalue weighted by atomic mass is 16.5. The summed E-state index contributed by atoms with van der Waals surface area (Å²) in [7, 11) is 1.60. The summed E-state index contributed by atoms with van der Waals surface area (Å²) in [6.07, 6.45) is 4.13. The number of anilines is 1. The van der Waals surface area contributed by atoms with Gasteiger partial charge in [0.15, 0.2) is 5.82 Å². The second-order valence-electron chi connectivity index (χ2n) is 11.5. The van der Waals surface area contributed by atoms with Crippen LogP contribution in [0, 0.1) is 18.8 Å². The van der Waals surface area contributed by atoms with Crippen LogP contribution in [-0.2, 0) is 25.5 Å². The van der Waals surface area contributed by atoms with Gasteiger partial charge in [-0.25, -0.2) is 0 Å². The summed E-state index contributed by atoms with van der Waals surface area (Å²) in [5.41, 5.74) is -1.84. The van der Waals surface area contributed by atoms with Gasteiger partial charge in [-0.15, -0.1) is 0 Å². The Kier molecular flexibility index (Phi) is 6.13. The van der Waals surface area contributed by atoms with E-state index in [1.165, 1.54) is 0 Å². The lowest BCUT2D eigenvalue weighted by molar-refractivity contribution is -0.144. The molecule has 0 aliphatic carbocycles. The Labute approximate surface area is 221 Å². The molecule has 4 heterocycles. The van der Waals surface area contributed by atoms with E-state index in [1.807, 2.05) is 45.0 Å². The van der Waals surface area contributed by atoms with Gasteiger partial charge in [0.05, 0.1) is 24.5 Å². The van der Waals surface area contributed by atoms with Crippen molar-refractivity contribution < 1.29 is 28.4 Å². The minimum Gasteiger partial charge on any atom is -0.497 e. The first-order chi connectivity index (χ1) is 17.9. The molecular formula is C28H34N4O6. The van der Waals surface area contributed by atoms with Crippen molar-refractivity contribution in [1.29, 1.82) is 0 Å². The molecule has 1 aromatic carbocycles. The third-order valence-electron chi connectivity index (χ3n) is 7.51. The number of hydrogen-bond donors (Lipinski definition) is 2. The quantitative estimate of drug-likeness (QED) is 0.536. The number of aryl methyl sites for hydroxylation is 1. The van der Waals surface area contributed by atoms with E-state index in [2.05, 4.69) is 15.8 Å². The highest BCUT2D eigenvalue weighted by molar-refractivity contribution is 6.03. The second-order valence-corrected chi connectivity index (χ2v) is 11.5. The molecule has 5 atom stereocenters. The SMILES string of the molecule is COc1ccc(CCN2C(=O)C3C(C(=O)Nc4cc(C)on4)C4(C)C=CC3(O4)C2C(=O)NC(C)(C)C)cc1. The van der Waals surface area contributed by atoms with Crippen LogP contribution in [0.1, 0.15) is 39.0 Å². The first-order valence-corrected chi connectivity index (χ1v) is 12.8. The summed E-state index contributed by atoms with van der Waals surface area (Å²) in [5, 5.41) is 9.65. The van der Waals surface area contributed by atoms with E-state index in [-0.39, 0.29) is 24.2 Å². The molecule has 38 heavy (non-hydrogen) atoms. The predicted octanol–water partition coefficient (Wildman–Crippen LogP) is 2.63. The van der Waals surface area contributed by atoms with Gasteiger partial charge in [0.1, 0.15) is 23.2 Å². The average Bonchev–Trinajstić information content (AvgIpc) is 3.54. The third-order valence-corrected chi connectivity index (χ3v) is 7.51. The molecule has 3 amide bonds. The summed E-state index contributed by atoms with van der Waals surface area (Å²) in [5.74, 6) is -1.17. The average molecular weight is 523 g/mol. The maximum absolute atomic E-state index is 14.1. The number of rotatable bonds is 7. The fraction of sp³-hybridized carbons (Fsp3) is 0.500. The molecule has 0 radical (unpaired) electrons. The zero-order valence-corrected chi connectivity index (χ0v) is 22.5. The fourth-order valence-electron chi connectivity index (χ4n) is 5.98. The van der Waals surface area contributed by atoms with Crippen LogP contribution in [0.3, 0.4) is 0 Å². The van der Waals surface area contributed by atoms with Gasteiger partial charge in [-0.3, -0.25) is 14.4 Å². The zero-order chi connectivity index (χ0) is 27.5. The summed E-state index contributed by atoms with van der Waals surface area (Å²) < 4.78 is 16.8. The molecule has 2 fully saturated rings. The minimum absolute atomic E-state index is 0.265. The molecule has 0 saturated carbocycles. The Morgan fingerprint density at radius 1 is 1.16 bits per heavy atom. The lowest BCUT2D eigenvalue weighted by Gasteiger charge is -2.35. The van der Waals surface area contributed by atoms with E-state index in [0.29, 0.717) is 12.2 Å². The molecule has 3 aliphatic heterocycles. The van der Waals surface area contributed by atoms with Crippen molar-refractivity contribution in [3.63, 3.8) is 0 Å². The number of aromatic nitrogens is 1. The monoisotopic (exact) mass is 522 g/mol. The van der Waals surface area contributed by atoms with Crippen LogP contribution in [-0.4, -0.2) is 64.2 Å². The molecule has 2 N–H and O–H groups in total. The first kappa shape index (κ1) is 26.0. The Bertz CT molecular complexity index is 1300. The fourth-order valence-corrected chi connectivity index (χ4v) is 5.98. The van der Waals surface area contributed by atoms with Crippen molar-refractivity contribution >= 4 is 23.5 Å². The van der Waals surface area contributed by atoms with Crippen molar-refractivity contribution in [2.45, 2.75) is 63.8 Å². The normalized spacial score (nSPS) is 29.5. The molecule has 10 nitrogen and oxygen atoms in total. The number of hydrogen-bond acceptors (Lipinski definition) is 7. The van der Waals surface area contributed by atoms with Crippen molar-refractivity contribution in [3.8, 4) is 5.75 Å². The van der Waals surface area contributed by atoms with Gasteiger partial charge in [-0.05, 0) is 58.7 Å². The largest absolute Gasteiger partial charge is 0.497 e. The van der Waals surface area contributed by atoms with Gasteiger partial charge in [-0.2, -0.15) is 0 Å². The molecule has 2 bridgehead atoms. The van der Waals surface area contributed by atoms with Crippen molar-refractivity contribution in [2.24, 2.45) is 11.8 Å². The maximum atomic E-state index is 14.1. The van der Waals surface area contributed by atoms with Gasteiger partial charge in [0, 0.05) is 18.2 Å². The van der Waals surface area contributed by atoms with Crippen LogP contribution in [0.2, 0.25) is 0 Å². The molecule has 5 unspecified atom stereocenters. The number of nitrogens with one attached hydrogen (secondary N) is 2. The molecule has 202 valence electrons. The molecule has 1 aromatic heterocycles. The predicted molar refractivity (Wildman–Crippen MR) is 138 cm³/mol. The van der Waals surface area contributed by atoms with E-state index in [1.54, 1.807) is 44.1 Å². The first-order valence-electron chi connectivity index (χ1n) is 12.8. The molecule has 3 aliphatic rings. The van der Waals surface area contributed by atoms with Gasteiger partial charge < -0.3 is 29.5 Å². The van der Waals surface area contributed by atoms with Crippen LogP contribution in [0.4, 0.5) is 5.82 Å². The number of likely N-dealkylation sites (tertiary alicyclic amines) is 1. The van der Waals surface area contributed by atoms with Crippen LogP contribution in [0.5, 0.6) is 5.75 Å². The smallest absolute Gasteiger partial charge is 0.246 e. The highest BCUT2D eigenvalue weighted by Crippen LogP contribution is 2.59. The standard InChI is InChI=1S/C28H34N4O6/c1-16-15-19(31-37-16)29-23(33)20-21-25(35)32(14-11-17-7-9-18(36-6)10-8-17)22(24(34)30-26(2,3)4)28(21)13-12-27(20,5)38-28/h7-10,12-13,15,20-22H,11,14H2,1-6H3,(H,30,34)(H,29,31,33). The van der Waals surface area contributed by atoms with Gasteiger partial charge in [0.25, 0.3) is 0 Å². The van der Waals surface area contributed by atoms with Gasteiger partial charge in [0.2, 0.25) is 17.7 Å². The lowest BCUT2D eigenvalue weighted by atomic mass is 9.70. The lowest BCUT2D eigenvalue weighted by Crippen LogP contribution is -2.58. The summed E-state index contributed by atoms with van der Waals surface area (Å²) in [4.78, 5) is 43.0. The second kappa shape index (κ2) is 8.97. The summed E-state index contributed by atoms with van der Waals surface area (Å²) in [6.45, 7) is 9.46. The number of fused-ring (bicyclic) bond motifs is 1. The van der Waals surface area contributed by atoms with Crippen LogP contribution in [0.25, 0.3) is 0 Å². The van der Waals surface area contributed by atoms with E-state index < -0.39 is 40.5 Å². The van der Waals surface area contributed by atoms with E-state index in [4.69, 9.17) is 14.0 Å². The van der Waals surface area contributed by atoms with Crippen molar-refractivity contribution in [1.82, 2.24) is 15.4 Å². The molecule has 2 aromatic rings. The number of nitrogens with zero attached hydrogens (tertiary/aromatic N) is 2. The van der Waals surface area contributed by atoms with E-state index >= 15 is 0 Å². The minimum atomic E-state index is -1.26. The Hall–Kier alpha value is -3.66. The molecular weight excluding hydrogens is 488 g/mol. The highest BCUT2D eigenvalue weighted by Gasteiger charge is 2.76. The van der Waals surface area contributed by atoms with Gasteiger partial charge >= 0.3 is 0 Å². The third kappa shape index (κ3) is 4.26. The maximum Gasteiger partial charge on any atom is 0.246 e. The number of methoxy groups -OCH3 is 1. The molecule has 10 heteroatoms. The van der Waals surface area contributed by atoms with E-state index in [0.717, 1.165) is 11.3 Å². The van der Waals surface area contributed by atoms with Crippen LogP contribution < -0.4 is 15.4 Å². The molecule has 5 rings (SSSR count). The van der Waals surface area contributed by atoms with Gasteiger partial charge in [-0.1, -0.05) is 29.4 Å². The Balaban J connectivity index is 1.48. The van der Waals surface area contributed by atoms with E-state index in [9.17, 15) is 14.4 Å². The number of benzene rings is 1. The summed E-state index contributed by atoms with van der Waals surface area (Å²) in [6, 6.07) is 8.26. The number of carbonyl (C=O) groups excluding carboxylic acids is 3.